The first-order valence-corrected chi connectivity index (χ1v) is 4.74. The molecule has 64 valence electrons. The molecule has 0 unspecified atom stereocenters. The van der Waals surface area contributed by atoms with Crippen LogP contribution in [0.2, 0.25) is 0 Å². The quantitative estimate of drug-likeness (QED) is 0.612. The van der Waals surface area contributed by atoms with E-state index < -0.39 is 0 Å². The Kier molecular flexibility index (Phi) is 1.26. The number of hydrogen-bond donors (Lipinski definition) is 1. The first kappa shape index (κ1) is 7.60. The smallest absolute Gasteiger partial charge is 0.00406 e. The number of hydrogen-bond acceptors (Lipinski definition) is 1. The number of rotatable bonds is 1. The maximum absolute atomic E-state index is 5.76. The second kappa shape index (κ2) is 1.82. The topological polar surface area (TPSA) is 26.0 Å². The lowest BCUT2D eigenvalue weighted by atomic mass is 9.45. The van der Waals surface area contributed by atoms with Gasteiger partial charge < -0.3 is 5.73 Å². The molecule has 3 rings (SSSR count). The minimum atomic E-state index is 0.576. The summed E-state index contributed by atoms with van der Waals surface area (Å²) in [5, 5.41) is 0. The molecule has 0 aromatic carbocycles. The van der Waals surface area contributed by atoms with E-state index in [2.05, 4.69) is 20.8 Å². The van der Waals surface area contributed by atoms with E-state index in [0.29, 0.717) is 10.8 Å². The van der Waals surface area contributed by atoms with Gasteiger partial charge in [-0.1, -0.05) is 20.8 Å². The molecule has 2 bridgehead atoms. The van der Waals surface area contributed by atoms with Crippen molar-refractivity contribution in [3.8, 4) is 0 Å². The Balaban J connectivity index is 2.28. The molecule has 0 radical (unpaired) electrons. The lowest BCUT2D eigenvalue weighted by molar-refractivity contribution is -0.112. The molecule has 0 aliphatic heterocycles. The fourth-order valence-electron chi connectivity index (χ4n) is 3.70. The van der Waals surface area contributed by atoms with Crippen LogP contribution in [0.15, 0.2) is 0 Å². The van der Waals surface area contributed by atoms with Crippen molar-refractivity contribution < 1.29 is 0 Å². The predicted octanol–water partition coefficient (Wildman–Crippen LogP) is 2.02. The highest BCUT2D eigenvalue weighted by Crippen LogP contribution is 2.73. The van der Waals surface area contributed by atoms with Crippen LogP contribution in [0, 0.1) is 22.7 Å². The van der Waals surface area contributed by atoms with E-state index in [4.69, 9.17) is 5.73 Å². The second-order valence-corrected chi connectivity index (χ2v) is 5.13. The maximum atomic E-state index is 5.76. The first-order chi connectivity index (χ1) is 5.04. The largest absolute Gasteiger partial charge is 0.330 e. The molecule has 0 amide bonds. The van der Waals surface area contributed by atoms with Gasteiger partial charge in [-0.2, -0.15) is 0 Å². The molecule has 3 atom stereocenters. The zero-order valence-electron chi connectivity index (χ0n) is 7.85. The molecule has 3 fully saturated rings. The highest BCUT2D eigenvalue weighted by molar-refractivity contribution is 5.16. The summed E-state index contributed by atoms with van der Waals surface area (Å²) >= 11 is 0. The Labute approximate surface area is 69.4 Å². The van der Waals surface area contributed by atoms with Crippen molar-refractivity contribution >= 4 is 0 Å². The lowest BCUT2D eigenvalue weighted by Gasteiger charge is -2.60. The molecule has 1 heteroatoms. The fraction of sp³-hybridized carbons (Fsp3) is 1.00. The first-order valence-electron chi connectivity index (χ1n) is 4.74. The Morgan fingerprint density at radius 2 is 2.00 bits per heavy atom. The molecule has 3 aliphatic rings. The summed E-state index contributed by atoms with van der Waals surface area (Å²) in [6.45, 7) is 8.16. The van der Waals surface area contributed by atoms with Crippen LogP contribution < -0.4 is 5.73 Å². The third-order valence-corrected chi connectivity index (χ3v) is 4.93. The molecule has 1 nitrogen and oxygen atoms in total. The second-order valence-electron chi connectivity index (χ2n) is 5.13. The molecule has 3 aliphatic carbocycles. The van der Waals surface area contributed by atoms with Crippen molar-refractivity contribution in [3.05, 3.63) is 0 Å². The van der Waals surface area contributed by atoms with Crippen LogP contribution >= 0.6 is 0 Å². The van der Waals surface area contributed by atoms with E-state index in [1.54, 1.807) is 0 Å². The van der Waals surface area contributed by atoms with Crippen molar-refractivity contribution in [1.82, 2.24) is 0 Å². The molecular weight excluding hydrogens is 134 g/mol. The summed E-state index contributed by atoms with van der Waals surface area (Å²) in [5.41, 5.74) is 6.92. The molecule has 0 saturated heterocycles. The highest BCUT2D eigenvalue weighted by Gasteiger charge is 2.67. The van der Waals surface area contributed by atoms with Gasteiger partial charge in [0.1, 0.15) is 0 Å². The van der Waals surface area contributed by atoms with Gasteiger partial charge in [0.2, 0.25) is 0 Å². The third-order valence-electron chi connectivity index (χ3n) is 4.93. The maximum Gasteiger partial charge on any atom is -0.00406 e. The highest BCUT2D eigenvalue weighted by atomic mass is 14.8. The minimum absolute atomic E-state index is 0.576. The summed E-state index contributed by atoms with van der Waals surface area (Å²) in [4.78, 5) is 0. The van der Waals surface area contributed by atoms with Gasteiger partial charge in [-0.3, -0.25) is 0 Å². The Morgan fingerprint density at radius 3 is 2.18 bits per heavy atom. The van der Waals surface area contributed by atoms with Crippen LogP contribution in [0.3, 0.4) is 0 Å². The van der Waals surface area contributed by atoms with Crippen molar-refractivity contribution in [2.45, 2.75) is 33.6 Å². The van der Waals surface area contributed by atoms with E-state index in [1.165, 1.54) is 12.8 Å². The number of fused-ring (bicyclic) bond motifs is 1. The van der Waals surface area contributed by atoms with Crippen LogP contribution in [0.5, 0.6) is 0 Å². The molecule has 0 aromatic rings. The van der Waals surface area contributed by atoms with Crippen molar-refractivity contribution in [2.75, 3.05) is 6.54 Å². The molecule has 11 heavy (non-hydrogen) atoms. The monoisotopic (exact) mass is 153 g/mol. The zero-order valence-corrected chi connectivity index (χ0v) is 7.85. The van der Waals surface area contributed by atoms with Gasteiger partial charge in [-0.25, -0.2) is 0 Å². The average molecular weight is 153 g/mol. The summed E-state index contributed by atoms with van der Waals surface area (Å²) < 4.78 is 0. The van der Waals surface area contributed by atoms with E-state index in [-0.39, 0.29) is 0 Å². The van der Waals surface area contributed by atoms with Gasteiger partial charge in [-0.15, -0.1) is 0 Å². The van der Waals surface area contributed by atoms with Gasteiger partial charge in [0.25, 0.3) is 0 Å². The van der Waals surface area contributed by atoms with Gasteiger partial charge in [0, 0.05) is 0 Å². The fourth-order valence-corrected chi connectivity index (χ4v) is 3.70. The molecule has 2 N–H and O–H groups in total. The van der Waals surface area contributed by atoms with Gasteiger partial charge >= 0.3 is 0 Å². The Morgan fingerprint density at radius 1 is 1.36 bits per heavy atom. The minimum Gasteiger partial charge on any atom is -0.330 e. The summed E-state index contributed by atoms with van der Waals surface area (Å²) in [6.07, 6.45) is 2.83. The zero-order chi connectivity index (χ0) is 8.28. The van der Waals surface area contributed by atoms with Gasteiger partial charge in [0.05, 0.1) is 0 Å². The molecule has 0 heterocycles. The lowest BCUT2D eigenvalue weighted by Crippen LogP contribution is -2.57. The molecule has 3 saturated carbocycles. The van der Waals surface area contributed by atoms with Crippen LogP contribution in [-0.4, -0.2) is 6.54 Å². The van der Waals surface area contributed by atoms with E-state index in [1.807, 2.05) is 0 Å². The summed E-state index contributed by atoms with van der Waals surface area (Å²) in [5.74, 6) is 1.76. The van der Waals surface area contributed by atoms with Crippen LogP contribution in [0.4, 0.5) is 0 Å². The average Bonchev–Trinajstić information content (AvgIpc) is 2.38. The Bertz CT molecular complexity index is 185. The van der Waals surface area contributed by atoms with Gasteiger partial charge in [-0.05, 0) is 42.1 Å². The van der Waals surface area contributed by atoms with Crippen LogP contribution in [0.1, 0.15) is 33.6 Å². The van der Waals surface area contributed by atoms with E-state index >= 15 is 0 Å². The van der Waals surface area contributed by atoms with E-state index in [0.717, 1.165) is 18.4 Å². The van der Waals surface area contributed by atoms with Gasteiger partial charge in [0.15, 0.2) is 0 Å². The predicted molar refractivity (Wildman–Crippen MR) is 47.2 cm³/mol. The normalized spacial score (nSPS) is 52.4. The molecule has 0 aromatic heterocycles. The molecule has 0 spiro atoms. The summed E-state index contributed by atoms with van der Waals surface area (Å²) in [6, 6.07) is 0. The van der Waals surface area contributed by atoms with Crippen LogP contribution in [0.25, 0.3) is 0 Å². The summed E-state index contributed by atoms with van der Waals surface area (Å²) in [7, 11) is 0. The molecular formula is C10H19N. The standard InChI is InChI=1S/C10H19N/c1-9(2)7-4-5-10(9,3)8(7)6-11/h7-8H,4-6,11H2,1-3H3/t7-,8-,10+/m1/s1. The number of nitrogens with two attached hydrogens (primary N) is 1. The van der Waals surface area contributed by atoms with Crippen molar-refractivity contribution in [3.63, 3.8) is 0 Å². The Hall–Kier alpha value is -0.0400. The van der Waals surface area contributed by atoms with Crippen molar-refractivity contribution in [1.29, 1.82) is 0 Å². The van der Waals surface area contributed by atoms with Crippen LogP contribution in [-0.2, 0) is 0 Å². The third kappa shape index (κ3) is 0.581. The SMILES string of the molecule is CC1(C)[C@@H]2CC[C@@]1(C)[C@@H]2CN. The van der Waals surface area contributed by atoms with E-state index in [9.17, 15) is 0 Å². The van der Waals surface area contributed by atoms with Crippen molar-refractivity contribution in [2.24, 2.45) is 28.4 Å².